The van der Waals surface area contributed by atoms with Crippen molar-refractivity contribution in [3.8, 4) is 0 Å². The van der Waals surface area contributed by atoms with Crippen molar-refractivity contribution in [3.05, 3.63) is 71.3 Å². The minimum atomic E-state index is -4.58. The van der Waals surface area contributed by atoms with Crippen molar-refractivity contribution in [1.29, 1.82) is 0 Å². The van der Waals surface area contributed by atoms with Gasteiger partial charge in [0.05, 0.1) is 5.56 Å². The Kier molecular flexibility index (Phi) is 12.6. The second-order valence-corrected chi connectivity index (χ2v) is 7.67. The third-order valence-electron chi connectivity index (χ3n) is 4.04. The van der Waals surface area contributed by atoms with Crippen LogP contribution in [-0.4, -0.2) is 58.3 Å². The van der Waals surface area contributed by atoms with Crippen molar-refractivity contribution in [2.75, 3.05) is 13.1 Å². The standard InChI is InChI=1S/C21H18F6N6O2S2.Cu/c22-20(23,24)10-28-18(36)32-30-15(12-4-2-1-3-5-12)16(13-6-8-14(9-7-13)17(34)35)31-33-19(37)29-11-21(25,26)27;/h1-9H,10-11H2,(H,34,35)(H2,28,32,36)(H2,29,33,37);/q;+2/p-2/b30-15+,31-16+;. The fourth-order valence-corrected chi connectivity index (χ4v) is 2.69. The summed E-state index contributed by atoms with van der Waals surface area (Å²) in [6.45, 7) is -2.93. The zero-order valence-electron chi connectivity index (χ0n) is 18.6. The number of nitrogens with one attached hydrogen (secondary N) is 2. The Balaban J connectivity index is 0.00000722. The molecule has 0 atom stereocenters. The molecule has 17 heteroatoms. The van der Waals surface area contributed by atoms with E-state index in [1.165, 1.54) is 24.3 Å². The van der Waals surface area contributed by atoms with E-state index in [0.29, 0.717) is 5.56 Å². The van der Waals surface area contributed by atoms with E-state index >= 15 is 0 Å². The third kappa shape index (κ3) is 11.9. The monoisotopic (exact) mass is 625 g/mol. The van der Waals surface area contributed by atoms with Gasteiger partial charge in [-0.1, -0.05) is 42.5 Å². The maximum atomic E-state index is 12.5. The normalized spacial score (nSPS) is 13.5. The van der Waals surface area contributed by atoms with Gasteiger partial charge in [0.15, 0.2) is 0 Å². The minimum absolute atomic E-state index is 0. The van der Waals surface area contributed by atoms with Crippen molar-refractivity contribution >= 4 is 53.0 Å². The molecule has 2 aromatic rings. The van der Waals surface area contributed by atoms with Crippen LogP contribution in [0.15, 0.2) is 75.0 Å². The van der Waals surface area contributed by atoms with Crippen LogP contribution in [0.3, 0.4) is 0 Å². The predicted molar refractivity (Wildman–Crippen MR) is 131 cm³/mol. The maximum Gasteiger partial charge on any atom is 2.00 e. The van der Waals surface area contributed by atoms with E-state index in [-0.39, 0.29) is 39.6 Å². The van der Waals surface area contributed by atoms with E-state index in [1.807, 2.05) is 10.6 Å². The largest absolute Gasteiger partial charge is 2.00 e. The quantitative estimate of drug-likeness (QED) is 0.103. The van der Waals surface area contributed by atoms with E-state index in [9.17, 15) is 31.1 Å². The topological polar surface area (TPSA) is 111 Å². The van der Waals surface area contributed by atoms with E-state index in [4.69, 9.17) is 30.4 Å². The molecule has 0 spiro atoms. The van der Waals surface area contributed by atoms with Gasteiger partial charge in [0.1, 0.15) is 24.5 Å². The predicted octanol–water partition coefficient (Wildman–Crippen LogP) is 3.60. The van der Waals surface area contributed by atoms with Crippen LogP contribution in [0.4, 0.5) is 26.3 Å². The summed E-state index contributed by atoms with van der Waals surface area (Å²) in [7, 11) is 0. The van der Waals surface area contributed by atoms with Gasteiger partial charge in [-0.15, -0.1) is 10.2 Å². The Morgan fingerprint density at radius 2 is 1.05 bits per heavy atom. The molecule has 3 N–H and O–H groups in total. The number of alkyl halides is 6. The SMILES string of the molecule is O=C(O)c1ccc(C(=N\N=C(/[S-])NCC(F)(F)F)/C(=N/N=C(\[S-])NCC(F)(F)F)c2ccccc2)cc1.[Cu+2]. The molecule has 0 aliphatic rings. The molecule has 0 unspecified atom stereocenters. The average Bonchev–Trinajstić information content (AvgIpc) is 2.83. The summed E-state index contributed by atoms with van der Waals surface area (Å²) in [5.41, 5.74) is 0.210. The van der Waals surface area contributed by atoms with Gasteiger partial charge in [0.25, 0.3) is 0 Å². The van der Waals surface area contributed by atoms with Crippen molar-refractivity contribution < 1.29 is 53.3 Å². The summed E-state index contributed by atoms with van der Waals surface area (Å²) < 4.78 is 74.8. The molecule has 0 fully saturated rings. The first kappa shape index (κ1) is 32.8. The van der Waals surface area contributed by atoms with Crippen LogP contribution in [0.5, 0.6) is 0 Å². The molecule has 2 rings (SSSR count). The smallest absolute Gasteiger partial charge is 0.741 e. The van der Waals surface area contributed by atoms with E-state index in [1.54, 1.807) is 30.3 Å². The molecule has 0 aromatic heterocycles. The van der Waals surface area contributed by atoms with E-state index in [2.05, 4.69) is 20.4 Å². The second kappa shape index (κ2) is 14.6. The number of carbonyl (C=O) groups is 1. The molecule has 8 nitrogen and oxygen atoms in total. The van der Waals surface area contributed by atoms with Gasteiger partial charge < -0.3 is 41.0 Å². The minimum Gasteiger partial charge on any atom is -0.741 e. The van der Waals surface area contributed by atoms with Crippen LogP contribution in [0.2, 0.25) is 0 Å². The second-order valence-electron chi connectivity index (χ2n) is 6.89. The number of hydrogen-bond acceptors (Lipinski definition) is 7. The number of carboxylic acid groups (broad SMARTS) is 1. The average molecular weight is 626 g/mol. The molecule has 0 aliphatic carbocycles. The summed E-state index contributed by atoms with van der Waals surface area (Å²) in [4.78, 5) is 11.2. The molecule has 1 radical (unpaired) electrons. The van der Waals surface area contributed by atoms with Gasteiger partial charge in [0, 0.05) is 11.1 Å². The molecule has 0 bridgehead atoms. The number of nitrogens with zero attached hydrogens (tertiary/aromatic N) is 4. The summed E-state index contributed by atoms with van der Waals surface area (Å²) in [5, 5.41) is 26.6. The fraction of sp³-hybridized carbons (Fsp3) is 0.190. The van der Waals surface area contributed by atoms with Gasteiger partial charge in [-0.3, -0.25) is 0 Å². The number of aromatic carboxylic acids is 1. The van der Waals surface area contributed by atoms with Crippen molar-refractivity contribution in [3.63, 3.8) is 0 Å². The summed E-state index contributed by atoms with van der Waals surface area (Å²) >= 11 is 9.53. The van der Waals surface area contributed by atoms with Crippen molar-refractivity contribution in [1.82, 2.24) is 10.6 Å². The summed E-state index contributed by atoms with van der Waals surface area (Å²) in [5.74, 6) is -1.22. The number of benzene rings is 2. The van der Waals surface area contributed by atoms with Gasteiger partial charge >= 0.3 is 35.4 Å². The Morgan fingerprint density at radius 3 is 1.42 bits per heavy atom. The first-order valence-electron chi connectivity index (χ1n) is 9.91. The van der Waals surface area contributed by atoms with Crippen LogP contribution in [0.25, 0.3) is 0 Å². The van der Waals surface area contributed by atoms with E-state index in [0.717, 1.165) is 0 Å². The Bertz CT molecular complexity index is 1200. The molecule has 0 saturated carbocycles. The zero-order valence-corrected chi connectivity index (χ0v) is 21.2. The van der Waals surface area contributed by atoms with Gasteiger partial charge in [-0.25, -0.2) is 4.79 Å². The van der Waals surface area contributed by atoms with Gasteiger partial charge in [0.2, 0.25) is 0 Å². The van der Waals surface area contributed by atoms with Crippen LogP contribution >= 0.6 is 0 Å². The number of rotatable bonds is 8. The molecule has 0 amide bonds. The first-order valence-corrected chi connectivity index (χ1v) is 10.7. The summed E-state index contributed by atoms with van der Waals surface area (Å²) in [6.07, 6.45) is -9.14. The molecule has 2 aromatic carbocycles. The molecule has 0 heterocycles. The molecule has 207 valence electrons. The van der Waals surface area contributed by atoms with Crippen LogP contribution < -0.4 is 10.6 Å². The maximum absolute atomic E-state index is 12.5. The molecule has 0 aliphatic heterocycles. The molecule has 0 saturated heterocycles. The number of halogens is 6. The van der Waals surface area contributed by atoms with E-state index < -0.39 is 41.7 Å². The number of hydrogen-bond donors (Lipinski definition) is 3. The molecule has 38 heavy (non-hydrogen) atoms. The van der Waals surface area contributed by atoms with Crippen LogP contribution in [-0.2, 0) is 42.3 Å². The molecular formula is C21H16CuF6N6O2S2. The first-order chi connectivity index (χ1) is 17.2. The number of amidine groups is 2. The van der Waals surface area contributed by atoms with Crippen LogP contribution in [0.1, 0.15) is 21.5 Å². The Hall–Kier alpha value is -3.27. The van der Waals surface area contributed by atoms with Crippen molar-refractivity contribution in [2.45, 2.75) is 12.4 Å². The van der Waals surface area contributed by atoms with Gasteiger partial charge in [-0.2, -0.15) is 36.5 Å². The number of carboxylic acids is 1. The molecular weight excluding hydrogens is 610 g/mol. The van der Waals surface area contributed by atoms with Gasteiger partial charge in [-0.05, 0) is 22.5 Å². The Morgan fingerprint density at radius 1 is 0.684 bits per heavy atom. The Labute approximate surface area is 233 Å². The summed E-state index contributed by atoms with van der Waals surface area (Å²) in [6, 6.07) is 13.0. The third-order valence-corrected chi connectivity index (χ3v) is 4.49. The zero-order chi connectivity index (χ0) is 27.6. The van der Waals surface area contributed by atoms with Crippen LogP contribution in [0, 0.1) is 0 Å². The van der Waals surface area contributed by atoms with Crippen molar-refractivity contribution in [2.24, 2.45) is 20.4 Å². The fourth-order valence-electron chi connectivity index (χ4n) is 2.46.